The molecule has 1 aromatic heterocycles. The van der Waals surface area contributed by atoms with E-state index in [9.17, 15) is 9.59 Å². The third kappa shape index (κ3) is 4.30. The molecule has 22 heavy (non-hydrogen) atoms. The van der Waals surface area contributed by atoms with Gasteiger partial charge in [-0.05, 0) is 33.8 Å². The molecule has 0 radical (unpaired) electrons. The minimum atomic E-state index is 0.0547. The van der Waals surface area contributed by atoms with E-state index in [2.05, 4.69) is 10.2 Å². The normalized spacial score (nSPS) is 16.1. The third-order valence-corrected chi connectivity index (χ3v) is 4.71. The number of aryl methyl sites for hydroxylation is 2. The first kappa shape index (κ1) is 17.0. The van der Waals surface area contributed by atoms with Gasteiger partial charge in [0.1, 0.15) is 0 Å². The fraction of sp³-hybridized carbons (Fsp3) is 0.625. The molecule has 1 N–H and O–H groups in total. The first-order valence-electron chi connectivity index (χ1n) is 7.75. The van der Waals surface area contributed by atoms with Crippen LogP contribution in [0.4, 0.5) is 0 Å². The van der Waals surface area contributed by atoms with Crippen molar-refractivity contribution in [2.75, 3.05) is 32.7 Å². The summed E-state index contributed by atoms with van der Waals surface area (Å²) in [5, 5.41) is 2.90. The topological polar surface area (TPSA) is 52.7 Å². The van der Waals surface area contributed by atoms with E-state index in [1.54, 1.807) is 11.3 Å². The first-order valence-corrected chi connectivity index (χ1v) is 8.56. The number of thiophene rings is 1. The number of amides is 2. The lowest BCUT2D eigenvalue weighted by molar-refractivity contribution is -0.123. The highest BCUT2D eigenvalue weighted by Gasteiger charge is 2.24. The second-order valence-corrected chi connectivity index (χ2v) is 7.58. The SMILES string of the molecule is Cc1cc(C(=O)N2CCN(CC(=O)NC(C)C)CC2)c(C)s1. The lowest BCUT2D eigenvalue weighted by atomic mass is 10.2. The van der Waals surface area contributed by atoms with Gasteiger partial charge in [-0.2, -0.15) is 0 Å². The van der Waals surface area contributed by atoms with Gasteiger partial charge >= 0.3 is 0 Å². The molecule has 5 nitrogen and oxygen atoms in total. The van der Waals surface area contributed by atoms with Gasteiger partial charge in [0.05, 0.1) is 12.1 Å². The van der Waals surface area contributed by atoms with E-state index >= 15 is 0 Å². The Labute approximate surface area is 136 Å². The molecule has 1 aromatic rings. The van der Waals surface area contributed by atoms with Crippen LogP contribution in [0.1, 0.15) is 34.0 Å². The molecule has 0 bridgehead atoms. The second kappa shape index (κ2) is 7.24. The minimum absolute atomic E-state index is 0.0547. The molecule has 0 spiro atoms. The van der Waals surface area contributed by atoms with Crippen LogP contribution < -0.4 is 5.32 Å². The highest BCUT2D eigenvalue weighted by molar-refractivity contribution is 7.12. The van der Waals surface area contributed by atoms with Crippen molar-refractivity contribution >= 4 is 23.2 Å². The van der Waals surface area contributed by atoms with E-state index in [-0.39, 0.29) is 17.9 Å². The van der Waals surface area contributed by atoms with Crippen molar-refractivity contribution in [2.45, 2.75) is 33.7 Å². The summed E-state index contributed by atoms with van der Waals surface area (Å²) in [6, 6.07) is 2.14. The van der Waals surface area contributed by atoms with Crippen molar-refractivity contribution < 1.29 is 9.59 Å². The zero-order valence-corrected chi connectivity index (χ0v) is 14.6. The maximum atomic E-state index is 12.5. The summed E-state index contributed by atoms with van der Waals surface area (Å²) in [7, 11) is 0. The summed E-state index contributed by atoms with van der Waals surface area (Å²) < 4.78 is 0. The quantitative estimate of drug-likeness (QED) is 0.916. The summed E-state index contributed by atoms with van der Waals surface area (Å²) in [4.78, 5) is 30.6. The lowest BCUT2D eigenvalue weighted by Gasteiger charge is -2.34. The van der Waals surface area contributed by atoms with Crippen molar-refractivity contribution in [3.8, 4) is 0 Å². The number of carbonyl (C=O) groups is 2. The van der Waals surface area contributed by atoms with Gasteiger partial charge in [0.2, 0.25) is 5.91 Å². The Hall–Kier alpha value is -1.40. The van der Waals surface area contributed by atoms with Gasteiger partial charge in [0.25, 0.3) is 5.91 Å². The molecule has 0 atom stereocenters. The van der Waals surface area contributed by atoms with E-state index in [0.717, 1.165) is 23.5 Å². The fourth-order valence-corrected chi connectivity index (χ4v) is 3.61. The van der Waals surface area contributed by atoms with Crippen LogP contribution in [0.25, 0.3) is 0 Å². The highest BCUT2D eigenvalue weighted by Crippen LogP contribution is 2.22. The molecule has 1 aliphatic heterocycles. The monoisotopic (exact) mass is 323 g/mol. The number of hydrogen-bond acceptors (Lipinski definition) is 4. The predicted molar refractivity (Wildman–Crippen MR) is 89.4 cm³/mol. The van der Waals surface area contributed by atoms with E-state index in [0.29, 0.717) is 19.6 Å². The molecule has 2 rings (SSSR count). The fourth-order valence-electron chi connectivity index (χ4n) is 2.69. The average molecular weight is 323 g/mol. The Kier molecular flexibility index (Phi) is 5.58. The Morgan fingerprint density at radius 3 is 2.36 bits per heavy atom. The molecule has 6 heteroatoms. The number of carbonyl (C=O) groups excluding carboxylic acids is 2. The van der Waals surface area contributed by atoms with Crippen LogP contribution in [-0.4, -0.2) is 60.4 Å². The van der Waals surface area contributed by atoms with E-state index < -0.39 is 0 Å². The molecular weight excluding hydrogens is 298 g/mol. The van der Waals surface area contributed by atoms with E-state index in [1.807, 2.05) is 38.7 Å². The maximum Gasteiger partial charge on any atom is 0.255 e. The molecule has 0 unspecified atom stereocenters. The summed E-state index contributed by atoms with van der Waals surface area (Å²) >= 11 is 1.67. The molecule has 1 fully saturated rings. The Bertz CT molecular complexity index is 546. The number of hydrogen-bond donors (Lipinski definition) is 1. The van der Waals surface area contributed by atoms with Crippen LogP contribution >= 0.6 is 11.3 Å². The van der Waals surface area contributed by atoms with Crippen LogP contribution in [-0.2, 0) is 4.79 Å². The zero-order chi connectivity index (χ0) is 16.3. The zero-order valence-electron chi connectivity index (χ0n) is 13.8. The Morgan fingerprint density at radius 1 is 1.23 bits per heavy atom. The number of nitrogens with zero attached hydrogens (tertiary/aromatic N) is 2. The van der Waals surface area contributed by atoms with E-state index in [1.165, 1.54) is 4.88 Å². The van der Waals surface area contributed by atoms with Gasteiger partial charge in [0.15, 0.2) is 0 Å². The van der Waals surface area contributed by atoms with Crippen molar-refractivity contribution in [1.29, 1.82) is 0 Å². The second-order valence-electron chi connectivity index (χ2n) is 6.12. The molecule has 0 saturated carbocycles. The van der Waals surface area contributed by atoms with Crippen LogP contribution in [0.5, 0.6) is 0 Å². The van der Waals surface area contributed by atoms with Crippen molar-refractivity contribution in [2.24, 2.45) is 0 Å². The molecule has 0 aromatic carbocycles. The molecule has 0 aliphatic carbocycles. The molecule has 122 valence electrons. The Morgan fingerprint density at radius 2 is 1.86 bits per heavy atom. The third-order valence-electron chi connectivity index (χ3n) is 3.75. The lowest BCUT2D eigenvalue weighted by Crippen LogP contribution is -2.51. The van der Waals surface area contributed by atoms with Crippen LogP contribution in [0.15, 0.2) is 6.07 Å². The van der Waals surface area contributed by atoms with Crippen molar-refractivity contribution in [3.63, 3.8) is 0 Å². The van der Waals surface area contributed by atoms with Crippen LogP contribution in [0.3, 0.4) is 0 Å². The minimum Gasteiger partial charge on any atom is -0.353 e. The predicted octanol–water partition coefficient (Wildman–Crippen LogP) is 1.65. The smallest absolute Gasteiger partial charge is 0.255 e. The largest absolute Gasteiger partial charge is 0.353 e. The van der Waals surface area contributed by atoms with Gasteiger partial charge in [-0.25, -0.2) is 0 Å². The van der Waals surface area contributed by atoms with Gasteiger partial charge in [-0.3, -0.25) is 14.5 Å². The highest BCUT2D eigenvalue weighted by atomic mass is 32.1. The van der Waals surface area contributed by atoms with E-state index in [4.69, 9.17) is 0 Å². The van der Waals surface area contributed by atoms with Crippen LogP contribution in [0.2, 0.25) is 0 Å². The van der Waals surface area contributed by atoms with Crippen molar-refractivity contribution in [1.82, 2.24) is 15.1 Å². The molecule has 1 saturated heterocycles. The summed E-state index contributed by atoms with van der Waals surface area (Å²) in [6.07, 6.45) is 0. The standard InChI is InChI=1S/C16H25N3O2S/c1-11(2)17-15(20)10-18-5-7-19(8-6-18)16(21)14-9-12(3)22-13(14)4/h9,11H,5-8,10H2,1-4H3,(H,17,20). The number of nitrogens with one attached hydrogen (secondary N) is 1. The molecule has 1 aliphatic rings. The van der Waals surface area contributed by atoms with Gasteiger partial charge < -0.3 is 10.2 Å². The summed E-state index contributed by atoms with van der Waals surface area (Å²) in [5.74, 6) is 0.173. The summed E-state index contributed by atoms with van der Waals surface area (Å²) in [5.41, 5.74) is 0.827. The average Bonchev–Trinajstić information content (AvgIpc) is 2.77. The first-order chi connectivity index (χ1) is 10.4. The number of rotatable bonds is 4. The van der Waals surface area contributed by atoms with Gasteiger partial charge in [0, 0.05) is 42.0 Å². The van der Waals surface area contributed by atoms with Crippen LogP contribution in [0, 0.1) is 13.8 Å². The van der Waals surface area contributed by atoms with Crippen molar-refractivity contribution in [3.05, 3.63) is 21.4 Å². The Balaban J connectivity index is 1.85. The molecule has 2 amide bonds. The van der Waals surface area contributed by atoms with Gasteiger partial charge in [-0.1, -0.05) is 0 Å². The summed E-state index contributed by atoms with van der Waals surface area (Å²) in [6.45, 7) is 11.2. The van der Waals surface area contributed by atoms with Gasteiger partial charge in [-0.15, -0.1) is 11.3 Å². The molecular formula is C16H25N3O2S. The number of piperazine rings is 1. The maximum absolute atomic E-state index is 12.5. The molecule has 2 heterocycles.